The summed E-state index contributed by atoms with van der Waals surface area (Å²) in [7, 11) is -24.6. The Balaban J connectivity index is 1.62. The third-order valence-electron chi connectivity index (χ3n) is 8.84. The van der Waals surface area contributed by atoms with Crippen LogP contribution in [0.5, 0.6) is 11.5 Å². The van der Waals surface area contributed by atoms with Crippen molar-refractivity contribution >= 4 is 50.8 Å². The molecule has 0 aromatic heterocycles. The van der Waals surface area contributed by atoms with Crippen molar-refractivity contribution in [2.75, 3.05) is 11.5 Å². The third kappa shape index (κ3) is 13.1. The highest BCUT2D eigenvalue weighted by Crippen LogP contribution is 2.70. The van der Waals surface area contributed by atoms with Gasteiger partial charge in [0.15, 0.2) is 0 Å². The lowest BCUT2D eigenvalue weighted by Crippen LogP contribution is -2.18. The molecule has 0 heterocycles. The van der Waals surface area contributed by atoms with Gasteiger partial charge in [0, 0.05) is 14.7 Å². The van der Waals surface area contributed by atoms with Gasteiger partial charge >= 0.3 is 44.9 Å². The van der Waals surface area contributed by atoms with E-state index in [-0.39, 0.29) is 51.1 Å². The molecule has 0 N–H and O–H groups in total. The summed E-state index contributed by atoms with van der Waals surface area (Å²) >= 11 is 0. The van der Waals surface area contributed by atoms with Gasteiger partial charge < -0.3 is 8.37 Å². The van der Waals surface area contributed by atoms with Gasteiger partial charge in [0.05, 0.1) is 33.8 Å². The van der Waals surface area contributed by atoms with Crippen LogP contribution in [0.15, 0.2) is 140 Å². The van der Waals surface area contributed by atoms with Crippen LogP contribution in [0.4, 0.5) is 57.2 Å². The molecule has 0 aliphatic rings. The lowest BCUT2D eigenvalue weighted by Gasteiger charge is -2.39. The molecule has 30 heteroatoms. The molecular formula is C38H27F13O12S5. The van der Waals surface area contributed by atoms with Crippen LogP contribution in [0.1, 0.15) is 35.1 Å². The van der Waals surface area contributed by atoms with Crippen LogP contribution in [-0.4, -0.2) is 45.2 Å². The van der Waals surface area contributed by atoms with Crippen LogP contribution in [-0.2, 0) is 73.2 Å². The maximum absolute atomic E-state index is 13.8. The molecule has 5 rings (SSSR count). The zero-order valence-electron chi connectivity index (χ0n) is 33.2. The van der Waals surface area contributed by atoms with Crippen molar-refractivity contribution in [1.29, 1.82) is 0 Å². The Labute approximate surface area is 379 Å². The fourth-order valence-corrected chi connectivity index (χ4v) is 13.8. The largest absolute Gasteiger partial charge is 0.416 e. The molecular weight excluding hydrogens is 1060 g/mol. The fraction of sp³-hybridized carbons (Fsp3) is 0.211. The Hall–Kier alpha value is -5.14. The van der Waals surface area contributed by atoms with Crippen molar-refractivity contribution in [2.24, 2.45) is 0 Å². The topological polar surface area (TPSA) is 173 Å². The normalized spacial score (nSPS) is 13.8. The second-order valence-corrected chi connectivity index (χ2v) is 23.1. The molecule has 0 unspecified atom stereocenters. The zero-order chi connectivity index (χ0) is 50.9. The summed E-state index contributed by atoms with van der Waals surface area (Å²) in [6.07, 6.45) is -22.9. The van der Waals surface area contributed by atoms with Crippen molar-refractivity contribution in [3.8, 4) is 11.5 Å². The van der Waals surface area contributed by atoms with E-state index in [1.807, 2.05) is 0 Å². The van der Waals surface area contributed by atoms with Gasteiger partial charge in [-0.15, -0.1) is 0 Å². The number of hydrogen-bond donors (Lipinski definition) is 0. The predicted molar refractivity (Wildman–Crippen MR) is 210 cm³/mol. The molecule has 0 spiro atoms. The Bertz CT molecular complexity index is 2860. The van der Waals surface area contributed by atoms with Crippen LogP contribution in [0.2, 0.25) is 0 Å². The van der Waals surface area contributed by atoms with Crippen molar-refractivity contribution in [3.63, 3.8) is 0 Å². The summed E-state index contributed by atoms with van der Waals surface area (Å²) in [6, 6.07) is 12.5. The van der Waals surface area contributed by atoms with E-state index in [4.69, 9.17) is 12.0 Å². The smallest absolute Gasteiger partial charge is 0.379 e. The first-order valence-corrected chi connectivity index (χ1v) is 25.6. The minimum atomic E-state index is -5.52. The van der Waals surface area contributed by atoms with Gasteiger partial charge in [-0.25, -0.2) is 3.63 Å². The SMILES string of the molecule is O=S(=O)(CCCCS(=O)(=O)OS(c1ccccc1)(c1ccc(OS(=O)(=O)c2cc(C(F)(F)F)cc(C(F)(F)F)c2)cc1)c1ccc(OS(=O)(=O)c2cc(C(F)(F)F)cc(C(F)(F)F)c2)cc1)OF. The predicted octanol–water partition coefficient (Wildman–Crippen LogP) is 10.9. The molecule has 0 radical (unpaired) electrons. The van der Waals surface area contributed by atoms with Crippen molar-refractivity contribution in [2.45, 2.75) is 62.0 Å². The van der Waals surface area contributed by atoms with Gasteiger partial charge in [0.1, 0.15) is 21.3 Å². The first-order valence-electron chi connectivity index (χ1n) is 18.1. The molecule has 68 heavy (non-hydrogen) atoms. The zero-order valence-corrected chi connectivity index (χ0v) is 37.2. The van der Waals surface area contributed by atoms with Gasteiger partial charge in [-0.3, -0.25) is 0 Å². The maximum atomic E-state index is 13.8. The van der Waals surface area contributed by atoms with Gasteiger partial charge in [0.2, 0.25) is 0 Å². The number of alkyl halides is 12. The molecule has 372 valence electrons. The third-order valence-corrected chi connectivity index (χ3v) is 17.5. The van der Waals surface area contributed by atoms with E-state index in [2.05, 4.69) is 4.39 Å². The van der Waals surface area contributed by atoms with E-state index < -0.39 is 143 Å². The van der Waals surface area contributed by atoms with E-state index in [0.29, 0.717) is 0 Å². The maximum Gasteiger partial charge on any atom is 0.416 e. The summed E-state index contributed by atoms with van der Waals surface area (Å²) < 4.78 is 296. The fourth-order valence-electron chi connectivity index (χ4n) is 5.78. The number of benzene rings is 5. The quantitative estimate of drug-likeness (QED) is 0.0491. The molecule has 5 aromatic carbocycles. The second-order valence-electron chi connectivity index (χ2n) is 13.7. The van der Waals surface area contributed by atoms with Gasteiger partial charge in [-0.1, -0.05) is 22.6 Å². The summed E-state index contributed by atoms with van der Waals surface area (Å²) in [5, 5.41) is 0. The standard InChI is InChI=1S/C38H27F13O12S5/c39-35(40,41)24-18-25(36(42,43)44)21-33(20-24)67(56,57)60-28-8-12-31(13-9-28)66(30-6-2-1-3-7-30,63-65(54,55)17-5-4-16-64(52,53)62-51)32-14-10-29(11-15-32)61-68(58,59)34-22-26(37(45,46)47)19-27(23-34)38(48,49)50/h1-3,6-15,18-23H,4-5,16-17H2. The van der Waals surface area contributed by atoms with Crippen LogP contribution in [0.3, 0.4) is 0 Å². The number of rotatable bonds is 17. The molecule has 0 atom stereocenters. The molecule has 0 saturated heterocycles. The monoisotopic (exact) mass is 1080 g/mol. The van der Waals surface area contributed by atoms with E-state index in [0.717, 1.165) is 48.5 Å². The molecule has 5 aromatic rings. The molecule has 0 aliphatic carbocycles. The summed E-state index contributed by atoms with van der Waals surface area (Å²) in [6.45, 7) is 0. The first-order chi connectivity index (χ1) is 31.1. The molecule has 0 amide bonds. The van der Waals surface area contributed by atoms with Crippen LogP contribution in [0, 0.1) is 0 Å². The number of halogens is 13. The van der Waals surface area contributed by atoms with Gasteiger partial charge in [0.25, 0.3) is 20.2 Å². The van der Waals surface area contributed by atoms with Crippen molar-refractivity contribution < 1.29 is 107 Å². The molecule has 0 fully saturated rings. The lowest BCUT2D eigenvalue weighted by atomic mass is 10.1. The minimum Gasteiger partial charge on any atom is -0.379 e. The number of unbranched alkanes of at least 4 members (excludes halogenated alkanes) is 1. The summed E-state index contributed by atoms with van der Waals surface area (Å²) in [5.74, 6) is -3.56. The van der Waals surface area contributed by atoms with Gasteiger partial charge in [-0.2, -0.15) is 86.4 Å². The van der Waals surface area contributed by atoms with Gasteiger partial charge in [-0.05, 0) is 125 Å². The molecule has 12 nitrogen and oxygen atoms in total. The highest BCUT2D eigenvalue weighted by atomic mass is 32.3. The first kappa shape index (κ1) is 53.8. The number of hydrogen-bond acceptors (Lipinski definition) is 12. The van der Waals surface area contributed by atoms with Crippen LogP contribution < -0.4 is 8.37 Å². The Morgan fingerprint density at radius 2 is 0.691 bits per heavy atom. The average molecular weight is 1080 g/mol. The van der Waals surface area contributed by atoms with E-state index >= 15 is 0 Å². The average Bonchev–Trinajstić information content (AvgIpc) is 3.23. The Morgan fingerprint density at radius 3 is 1.00 bits per heavy atom. The Kier molecular flexibility index (Phi) is 15.3. The van der Waals surface area contributed by atoms with Crippen LogP contribution >= 0.6 is 10.3 Å². The molecule has 0 saturated carbocycles. The van der Waals surface area contributed by atoms with Crippen LogP contribution in [0.25, 0.3) is 0 Å². The molecule has 0 bridgehead atoms. The summed E-state index contributed by atoms with van der Waals surface area (Å²) in [5.41, 5.74) is -8.01. The highest BCUT2D eigenvalue weighted by molar-refractivity contribution is 8.33. The minimum absolute atomic E-state index is 0.0492. The van der Waals surface area contributed by atoms with E-state index in [1.54, 1.807) is 0 Å². The van der Waals surface area contributed by atoms with Crippen molar-refractivity contribution in [3.05, 3.63) is 138 Å². The van der Waals surface area contributed by atoms with E-state index in [9.17, 15) is 90.9 Å². The molecule has 0 aliphatic heterocycles. The summed E-state index contributed by atoms with van der Waals surface area (Å²) in [4.78, 5) is -3.69. The van der Waals surface area contributed by atoms with Crippen molar-refractivity contribution in [1.82, 2.24) is 0 Å². The Morgan fingerprint density at radius 1 is 0.382 bits per heavy atom. The van der Waals surface area contributed by atoms with E-state index in [1.165, 1.54) is 30.3 Å². The lowest BCUT2D eigenvalue weighted by molar-refractivity contribution is -0.145. The highest BCUT2D eigenvalue weighted by Gasteiger charge is 2.42. The second kappa shape index (κ2) is 19.3.